The minimum atomic E-state index is -0.152. The van der Waals surface area contributed by atoms with Crippen molar-refractivity contribution in [3.63, 3.8) is 0 Å². The van der Waals surface area contributed by atoms with Crippen LogP contribution in [0.4, 0.5) is 15.6 Å². The first-order chi connectivity index (χ1) is 11.2. The lowest BCUT2D eigenvalue weighted by molar-refractivity contribution is 0.246. The van der Waals surface area contributed by atoms with E-state index < -0.39 is 0 Å². The average Bonchev–Trinajstić information content (AvgIpc) is 3.17. The monoisotopic (exact) mass is 334 g/mol. The van der Waals surface area contributed by atoms with Crippen LogP contribution in [0.1, 0.15) is 25.5 Å². The van der Waals surface area contributed by atoms with Gasteiger partial charge in [0.1, 0.15) is 0 Å². The Hall–Kier alpha value is -2.09. The number of hydrogen-bond donors (Lipinski definition) is 2. The fourth-order valence-electron chi connectivity index (χ4n) is 2.83. The zero-order valence-electron chi connectivity index (χ0n) is 13.5. The third-order valence-electron chi connectivity index (χ3n) is 4.01. The summed E-state index contributed by atoms with van der Waals surface area (Å²) in [6.45, 7) is 3.87. The molecule has 2 amide bonds. The number of amides is 2. The number of piperidine rings is 1. The van der Waals surface area contributed by atoms with Crippen LogP contribution in [0.15, 0.2) is 17.8 Å². The lowest BCUT2D eigenvalue weighted by atomic mass is 10.1. The first-order valence-corrected chi connectivity index (χ1v) is 8.78. The molecule has 2 N–H and O–H groups in total. The zero-order valence-corrected chi connectivity index (χ0v) is 14.3. The summed E-state index contributed by atoms with van der Waals surface area (Å²) in [5.41, 5.74) is 1.69. The van der Waals surface area contributed by atoms with Gasteiger partial charge in [0.25, 0.3) is 0 Å². The molecular formula is C15H22N6OS. The number of aromatic nitrogens is 3. The second kappa shape index (κ2) is 6.99. The van der Waals surface area contributed by atoms with E-state index in [1.807, 2.05) is 31.7 Å². The molecule has 0 unspecified atom stereocenters. The van der Waals surface area contributed by atoms with Crippen molar-refractivity contribution in [3.8, 4) is 0 Å². The van der Waals surface area contributed by atoms with Crippen molar-refractivity contribution in [2.75, 3.05) is 23.3 Å². The smallest absolute Gasteiger partial charge is 0.319 e. The summed E-state index contributed by atoms with van der Waals surface area (Å²) < 4.78 is 1.72. The Morgan fingerprint density at radius 3 is 2.87 bits per heavy atom. The summed E-state index contributed by atoms with van der Waals surface area (Å²) in [6.07, 6.45) is 6.32. The van der Waals surface area contributed by atoms with Crippen molar-refractivity contribution in [3.05, 3.63) is 23.5 Å². The number of anilines is 2. The summed E-state index contributed by atoms with van der Waals surface area (Å²) in [6, 6.07) is 0.0494. The lowest BCUT2D eigenvalue weighted by Gasteiger charge is -2.32. The van der Waals surface area contributed by atoms with E-state index in [1.54, 1.807) is 16.0 Å². The number of urea groups is 1. The molecule has 2 aromatic rings. The third kappa shape index (κ3) is 3.82. The van der Waals surface area contributed by atoms with E-state index in [2.05, 4.69) is 25.6 Å². The Bertz CT molecular complexity index is 645. The molecule has 3 heterocycles. The first kappa shape index (κ1) is 15.8. The van der Waals surface area contributed by atoms with Crippen molar-refractivity contribution >= 4 is 28.2 Å². The molecular weight excluding hydrogens is 312 g/mol. The van der Waals surface area contributed by atoms with Crippen LogP contribution in [0.5, 0.6) is 0 Å². The van der Waals surface area contributed by atoms with Crippen LogP contribution in [0.2, 0.25) is 0 Å². The molecule has 2 aromatic heterocycles. The van der Waals surface area contributed by atoms with Crippen LogP contribution in [0.25, 0.3) is 0 Å². The standard InChI is InChI=1S/C15H22N6OS/c1-3-12-13(10-20(2)19-12)18-14(22)17-11-4-7-21(8-5-11)15-16-6-9-23-15/h6,9-11H,3-5,7-8H2,1-2H3,(H2,17,18,22). The predicted molar refractivity (Wildman–Crippen MR) is 92.1 cm³/mol. The molecule has 8 heteroatoms. The highest BCUT2D eigenvalue weighted by atomic mass is 32.1. The molecule has 1 aliphatic rings. The maximum atomic E-state index is 12.2. The Balaban J connectivity index is 1.49. The molecule has 1 saturated heterocycles. The predicted octanol–water partition coefficient (Wildman–Crippen LogP) is 2.23. The Morgan fingerprint density at radius 2 is 2.22 bits per heavy atom. The van der Waals surface area contributed by atoms with Crippen molar-refractivity contribution in [2.24, 2.45) is 7.05 Å². The molecule has 0 aliphatic carbocycles. The highest BCUT2D eigenvalue weighted by Gasteiger charge is 2.22. The maximum absolute atomic E-state index is 12.2. The van der Waals surface area contributed by atoms with Gasteiger partial charge in [-0.05, 0) is 19.3 Å². The second-order valence-corrected chi connectivity index (χ2v) is 6.56. The summed E-state index contributed by atoms with van der Waals surface area (Å²) >= 11 is 1.66. The lowest BCUT2D eigenvalue weighted by Crippen LogP contribution is -2.46. The first-order valence-electron chi connectivity index (χ1n) is 7.90. The minimum absolute atomic E-state index is 0.152. The van der Waals surface area contributed by atoms with Crippen LogP contribution >= 0.6 is 11.3 Å². The van der Waals surface area contributed by atoms with Crippen molar-refractivity contribution < 1.29 is 4.79 Å². The quantitative estimate of drug-likeness (QED) is 0.899. The molecule has 0 spiro atoms. The summed E-state index contributed by atoms with van der Waals surface area (Å²) in [5, 5.41) is 13.4. The van der Waals surface area contributed by atoms with Gasteiger partial charge in [0, 0.05) is 44.0 Å². The molecule has 0 atom stereocenters. The van der Waals surface area contributed by atoms with Gasteiger partial charge in [0.05, 0.1) is 11.4 Å². The van der Waals surface area contributed by atoms with Crippen LogP contribution in [-0.4, -0.2) is 39.9 Å². The number of carbonyl (C=O) groups excluding carboxylic acids is 1. The van der Waals surface area contributed by atoms with Gasteiger partial charge >= 0.3 is 6.03 Å². The normalized spacial score (nSPS) is 15.7. The van der Waals surface area contributed by atoms with E-state index in [9.17, 15) is 4.79 Å². The van der Waals surface area contributed by atoms with Gasteiger partial charge in [0.15, 0.2) is 5.13 Å². The largest absolute Gasteiger partial charge is 0.348 e. The molecule has 0 saturated carbocycles. The van der Waals surface area contributed by atoms with Crippen molar-refractivity contribution in [1.82, 2.24) is 20.1 Å². The topological polar surface area (TPSA) is 75.1 Å². The molecule has 0 aromatic carbocycles. The minimum Gasteiger partial charge on any atom is -0.348 e. The van der Waals surface area contributed by atoms with Gasteiger partial charge in [-0.1, -0.05) is 6.92 Å². The van der Waals surface area contributed by atoms with E-state index in [1.165, 1.54) is 0 Å². The molecule has 23 heavy (non-hydrogen) atoms. The Labute approximate surface area is 139 Å². The highest BCUT2D eigenvalue weighted by molar-refractivity contribution is 7.13. The highest BCUT2D eigenvalue weighted by Crippen LogP contribution is 2.22. The van der Waals surface area contributed by atoms with Crippen LogP contribution in [0.3, 0.4) is 0 Å². The SMILES string of the molecule is CCc1nn(C)cc1NC(=O)NC1CCN(c2nccs2)CC1. The number of hydrogen-bond acceptors (Lipinski definition) is 5. The fraction of sp³-hybridized carbons (Fsp3) is 0.533. The van der Waals surface area contributed by atoms with Crippen LogP contribution in [0, 0.1) is 0 Å². The second-order valence-electron chi connectivity index (χ2n) is 5.69. The number of nitrogens with zero attached hydrogens (tertiary/aromatic N) is 4. The third-order valence-corrected chi connectivity index (χ3v) is 4.84. The number of rotatable bonds is 4. The Kier molecular flexibility index (Phi) is 4.80. The van der Waals surface area contributed by atoms with Crippen LogP contribution in [-0.2, 0) is 13.5 Å². The van der Waals surface area contributed by atoms with Gasteiger partial charge in [-0.3, -0.25) is 4.68 Å². The molecule has 124 valence electrons. The molecule has 1 fully saturated rings. The number of thiazole rings is 1. The molecule has 3 rings (SSSR count). The average molecular weight is 334 g/mol. The fourth-order valence-corrected chi connectivity index (χ4v) is 3.53. The van der Waals surface area contributed by atoms with Crippen LogP contribution < -0.4 is 15.5 Å². The number of nitrogens with one attached hydrogen (secondary N) is 2. The van der Waals surface area contributed by atoms with E-state index in [0.717, 1.165) is 48.9 Å². The van der Waals surface area contributed by atoms with Gasteiger partial charge in [0.2, 0.25) is 0 Å². The molecule has 1 aliphatic heterocycles. The van der Waals surface area contributed by atoms with E-state index >= 15 is 0 Å². The van der Waals surface area contributed by atoms with Gasteiger partial charge in [-0.25, -0.2) is 9.78 Å². The van der Waals surface area contributed by atoms with Gasteiger partial charge < -0.3 is 15.5 Å². The van der Waals surface area contributed by atoms with Gasteiger partial charge in [-0.2, -0.15) is 5.10 Å². The van der Waals surface area contributed by atoms with Gasteiger partial charge in [-0.15, -0.1) is 11.3 Å². The summed E-state index contributed by atoms with van der Waals surface area (Å²) in [5.74, 6) is 0. The zero-order chi connectivity index (χ0) is 16.2. The molecule has 7 nitrogen and oxygen atoms in total. The maximum Gasteiger partial charge on any atom is 0.319 e. The number of carbonyl (C=O) groups is 1. The summed E-state index contributed by atoms with van der Waals surface area (Å²) in [4.78, 5) is 18.8. The Morgan fingerprint density at radius 1 is 1.43 bits per heavy atom. The van der Waals surface area contributed by atoms with E-state index in [0.29, 0.717) is 0 Å². The van der Waals surface area contributed by atoms with Crippen molar-refractivity contribution in [1.29, 1.82) is 0 Å². The van der Waals surface area contributed by atoms with E-state index in [4.69, 9.17) is 0 Å². The molecule has 0 bridgehead atoms. The molecule has 0 radical (unpaired) electrons. The van der Waals surface area contributed by atoms with E-state index in [-0.39, 0.29) is 12.1 Å². The summed E-state index contributed by atoms with van der Waals surface area (Å²) in [7, 11) is 1.86. The number of aryl methyl sites for hydroxylation is 2. The van der Waals surface area contributed by atoms with Crippen molar-refractivity contribution in [2.45, 2.75) is 32.2 Å².